The van der Waals surface area contributed by atoms with Gasteiger partial charge in [0.1, 0.15) is 0 Å². The molecule has 0 saturated heterocycles. The van der Waals surface area contributed by atoms with E-state index in [4.69, 9.17) is 5.84 Å². The van der Waals surface area contributed by atoms with Crippen molar-refractivity contribution in [2.45, 2.75) is 20.8 Å². The lowest BCUT2D eigenvalue weighted by atomic mass is 9.99. The second kappa shape index (κ2) is 4.25. The summed E-state index contributed by atoms with van der Waals surface area (Å²) in [6, 6.07) is 0. The van der Waals surface area contributed by atoms with Gasteiger partial charge in [0, 0.05) is 6.21 Å². The Bertz CT molecular complexity index is 158. The van der Waals surface area contributed by atoms with Gasteiger partial charge >= 0.3 is 0 Å². The Labute approximate surface area is 72.2 Å². The Balaban J connectivity index is 3.70. The van der Waals surface area contributed by atoms with Crippen LogP contribution in [0.15, 0.2) is 5.10 Å². The molecule has 4 N–H and O–H groups in total. The van der Waals surface area contributed by atoms with Gasteiger partial charge in [0.25, 0.3) is 0 Å². The highest BCUT2D eigenvalue weighted by Gasteiger charge is 2.04. The van der Waals surface area contributed by atoms with Gasteiger partial charge in [-0.2, -0.15) is 5.10 Å². The molecule has 5 heteroatoms. The van der Waals surface area contributed by atoms with Gasteiger partial charge in [0.15, 0.2) is 0 Å². The number of thiocarbonyl (C=S) groups is 1. The topological polar surface area (TPSA) is 62.4 Å². The second-order valence-corrected chi connectivity index (χ2v) is 3.62. The minimum absolute atomic E-state index is 0.0528. The molecule has 0 rings (SSSR count). The van der Waals surface area contributed by atoms with Crippen LogP contribution in [0.25, 0.3) is 0 Å². The van der Waals surface area contributed by atoms with E-state index in [-0.39, 0.29) is 5.41 Å². The summed E-state index contributed by atoms with van der Waals surface area (Å²) < 4.78 is 0. The first-order chi connectivity index (χ1) is 4.95. The molecule has 0 aliphatic rings. The van der Waals surface area contributed by atoms with Gasteiger partial charge in [-0.1, -0.05) is 20.8 Å². The zero-order valence-corrected chi connectivity index (χ0v) is 7.83. The molecular weight excluding hydrogens is 160 g/mol. The van der Waals surface area contributed by atoms with Gasteiger partial charge in [0.2, 0.25) is 5.11 Å². The standard InChI is InChI=1S/C6H14N4S/c1-6(2,3)4-8-10-5(11)9-7/h4H,7H2,1-3H3,(H2,9,10,11). The summed E-state index contributed by atoms with van der Waals surface area (Å²) in [6.07, 6.45) is 1.76. The number of rotatable bonds is 1. The van der Waals surface area contributed by atoms with E-state index >= 15 is 0 Å². The lowest BCUT2D eigenvalue weighted by molar-refractivity contribution is 0.602. The molecule has 0 spiro atoms. The lowest BCUT2D eigenvalue weighted by Gasteiger charge is -2.09. The van der Waals surface area contributed by atoms with E-state index in [1.54, 1.807) is 6.21 Å². The molecule has 11 heavy (non-hydrogen) atoms. The molecule has 0 aliphatic heterocycles. The highest BCUT2D eigenvalue weighted by atomic mass is 32.1. The molecular formula is C6H14N4S. The summed E-state index contributed by atoms with van der Waals surface area (Å²) in [4.78, 5) is 0. The van der Waals surface area contributed by atoms with Gasteiger partial charge < -0.3 is 0 Å². The molecule has 0 heterocycles. The molecule has 0 atom stereocenters. The molecule has 0 aromatic carbocycles. The lowest BCUT2D eigenvalue weighted by Crippen LogP contribution is -2.37. The molecule has 4 nitrogen and oxygen atoms in total. The van der Waals surface area contributed by atoms with Crippen molar-refractivity contribution in [2.75, 3.05) is 0 Å². The summed E-state index contributed by atoms with van der Waals surface area (Å²) in [5.41, 5.74) is 4.86. The van der Waals surface area contributed by atoms with Crippen molar-refractivity contribution < 1.29 is 0 Å². The zero-order chi connectivity index (χ0) is 8.91. The van der Waals surface area contributed by atoms with Crippen molar-refractivity contribution in [1.82, 2.24) is 10.9 Å². The molecule has 0 bridgehead atoms. The van der Waals surface area contributed by atoms with E-state index < -0.39 is 0 Å². The van der Waals surface area contributed by atoms with E-state index in [0.717, 1.165) is 0 Å². The monoisotopic (exact) mass is 174 g/mol. The molecule has 0 aromatic heterocycles. The van der Waals surface area contributed by atoms with Crippen LogP contribution in [-0.2, 0) is 0 Å². The Morgan fingerprint density at radius 1 is 1.55 bits per heavy atom. The maximum atomic E-state index is 4.99. The Hall–Kier alpha value is -0.680. The summed E-state index contributed by atoms with van der Waals surface area (Å²) in [5, 5.41) is 4.17. The number of nitrogens with zero attached hydrogens (tertiary/aromatic N) is 1. The maximum Gasteiger partial charge on any atom is 0.201 e. The fourth-order valence-corrected chi connectivity index (χ4v) is 0.370. The van der Waals surface area contributed by atoms with E-state index in [1.807, 2.05) is 20.8 Å². The molecule has 0 saturated carbocycles. The van der Waals surface area contributed by atoms with Crippen molar-refractivity contribution in [3.63, 3.8) is 0 Å². The van der Waals surface area contributed by atoms with Gasteiger partial charge in [0.05, 0.1) is 0 Å². The molecule has 0 aromatic rings. The molecule has 0 unspecified atom stereocenters. The summed E-state index contributed by atoms with van der Waals surface area (Å²) in [7, 11) is 0. The van der Waals surface area contributed by atoms with Gasteiger partial charge in [-0.3, -0.25) is 10.9 Å². The van der Waals surface area contributed by atoms with E-state index in [0.29, 0.717) is 5.11 Å². The van der Waals surface area contributed by atoms with Crippen molar-refractivity contribution in [3.8, 4) is 0 Å². The molecule has 0 radical (unpaired) electrons. The third kappa shape index (κ3) is 7.21. The van der Waals surface area contributed by atoms with E-state index in [9.17, 15) is 0 Å². The maximum absolute atomic E-state index is 4.99. The first-order valence-corrected chi connectivity index (χ1v) is 3.67. The SMILES string of the molecule is CC(C)(C)C=NNC(=S)NN. The number of hydrazone groups is 1. The molecule has 0 fully saturated rings. The van der Waals surface area contributed by atoms with Crippen LogP contribution >= 0.6 is 12.2 Å². The predicted molar refractivity (Wildman–Crippen MR) is 51.0 cm³/mol. The van der Waals surface area contributed by atoms with Crippen LogP contribution in [0.3, 0.4) is 0 Å². The quantitative estimate of drug-likeness (QED) is 0.232. The normalized spacial score (nSPS) is 11.6. The van der Waals surface area contributed by atoms with Crippen molar-refractivity contribution in [3.05, 3.63) is 0 Å². The first kappa shape index (κ1) is 10.3. The third-order valence-electron chi connectivity index (χ3n) is 0.749. The van der Waals surface area contributed by atoms with Gasteiger partial charge in [-0.25, -0.2) is 5.84 Å². The van der Waals surface area contributed by atoms with E-state index in [2.05, 4.69) is 28.2 Å². The van der Waals surface area contributed by atoms with Crippen LogP contribution in [-0.4, -0.2) is 11.3 Å². The second-order valence-electron chi connectivity index (χ2n) is 3.21. The summed E-state index contributed by atoms with van der Waals surface area (Å²) >= 11 is 4.68. The number of hydrogen-bond acceptors (Lipinski definition) is 3. The minimum atomic E-state index is 0.0528. The summed E-state index contributed by atoms with van der Waals surface area (Å²) in [6.45, 7) is 6.12. The largest absolute Gasteiger partial charge is 0.300 e. The number of nitrogens with two attached hydrogens (primary N) is 1. The highest BCUT2D eigenvalue weighted by Crippen LogP contribution is 2.07. The fourth-order valence-electron chi connectivity index (χ4n) is 0.317. The smallest absolute Gasteiger partial charge is 0.201 e. The Kier molecular flexibility index (Phi) is 3.99. The number of hydrogen-bond donors (Lipinski definition) is 3. The van der Waals surface area contributed by atoms with Crippen LogP contribution in [0.2, 0.25) is 0 Å². The van der Waals surface area contributed by atoms with E-state index in [1.165, 1.54) is 0 Å². The first-order valence-electron chi connectivity index (χ1n) is 3.26. The number of hydrazine groups is 1. The van der Waals surface area contributed by atoms with Crippen molar-refractivity contribution in [2.24, 2.45) is 16.4 Å². The van der Waals surface area contributed by atoms with Crippen LogP contribution in [0.1, 0.15) is 20.8 Å². The Morgan fingerprint density at radius 2 is 2.09 bits per heavy atom. The minimum Gasteiger partial charge on any atom is -0.300 e. The van der Waals surface area contributed by atoms with Gasteiger partial charge in [-0.05, 0) is 17.6 Å². The summed E-state index contributed by atoms with van der Waals surface area (Å²) in [5.74, 6) is 4.99. The van der Waals surface area contributed by atoms with Crippen LogP contribution in [0.4, 0.5) is 0 Å². The fraction of sp³-hybridized carbons (Fsp3) is 0.667. The predicted octanol–water partition coefficient (Wildman–Crippen LogP) is 0.356. The zero-order valence-electron chi connectivity index (χ0n) is 7.01. The van der Waals surface area contributed by atoms with Crippen LogP contribution < -0.4 is 16.7 Å². The highest BCUT2D eigenvalue weighted by molar-refractivity contribution is 7.80. The van der Waals surface area contributed by atoms with Gasteiger partial charge in [-0.15, -0.1) is 0 Å². The molecule has 0 aliphatic carbocycles. The molecule has 0 amide bonds. The average Bonchev–Trinajstić information content (AvgIpc) is 1.85. The average molecular weight is 174 g/mol. The Morgan fingerprint density at radius 3 is 2.45 bits per heavy atom. The van der Waals surface area contributed by atoms with Crippen molar-refractivity contribution >= 4 is 23.5 Å². The molecule has 64 valence electrons. The number of nitrogens with one attached hydrogen (secondary N) is 2. The van der Waals surface area contributed by atoms with Crippen LogP contribution in [0.5, 0.6) is 0 Å². The third-order valence-corrected chi connectivity index (χ3v) is 0.958. The van der Waals surface area contributed by atoms with Crippen LogP contribution in [0, 0.1) is 5.41 Å². The van der Waals surface area contributed by atoms with Crippen molar-refractivity contribution in [1.29, 1.82) is 0 Å².